The Balaban J connectivity index is 2.74. The average Bonchev–Trinajstić information content (AvgIpc) is 1.93. The summed E-state index contributed by atoms with van der Waals surface area (Å²) in [6, 6.07) is 3.28. The molecule has 0 saturated heterocycles. The maximum Gasteiger partial charge on any atom is 0.158 e. The standard InChI is InChI=1S/C6H8N2O2S/c7-5-1-2-6(8-3-5)4-11(9)10/h1-3H,4,7H2,(H,9,10). The second-order valence-corrected chi connectivity index (χ2v) is 2.98. The molecule has 0 fully saturated rings. The van der Waals surface area contributed by atoms with Gasteiger partial charge < -0.3 is 10.3 Å². The zero-order valence-corrected chi connectivity index (χ0v) is 6.54. The lowest BCUT2D eigenvalue weighted by molar-refractivity contribution is 0.563. The van der Waals surface area contributed by atoms with Crippen LogP contribution in [0.1, 0.15) is 5.69 Å². The molecule has 0 aliphatic rings. The van der Waals surface area contributed by atoms with Crippen LogP contribution in [-0.4, -0.2) is 13.7 Å². The summed E-state index contributed by atoms with van der Waals surface area (Å²) in [5, 5.41) is 0. The first kappa shape index (κ1) is 8.16. The molecule has 1 aromatic heterocycles. The highest BCUT2D eigenvalue weighted by atomic mass is 32.2. The van der Waals surface area contributed by atoms with Gasteiger partial charge in [0.1, 0.15) is 0 Å². The molecule has 11 heavy (non-hydrogen) atoms. The maximum atomic E-state index is 10.3. The molecule has 60 valence electrons. The van der Waals surface area contributed by atoms with Gasteiger partial charge in [-0.15, -0.1) is 0 Å². The lowest BCUT2D eigenvalue weighted by atomic mass is 10.3. The van der Waals surface area contributed by atoms with Gasteiger partial charge in [0.15, 0.2) is 11.1 Å². The third kappa shape index (κ3) is 2.65. The summed E-state index contributed by atoms with van der Waals surface area (Å²) in [4.78, 5) is 3.84. The minimum Gasteiger partial charge on any atom is -0.397 e. The van der Waals surface area contributed by atoms with Crippen LogP contribution in [0.4, 0.5) is 5.69 Å². The Kier molecular flexibility index (Phi) is 2.56. The second-order valence-electron chi connectivity index (χ2n) is 2.05. The first-order valence-electron chi connectivity index (χ1n) is 2.96. The summed E-state index contributed by atoms with van der Waals surface area (Å²) in [6.07, 6.45) is 1.46. The highest BCUT2D eigenvalue weighted by Crippen LogP contribution is 2.02. The number of pyridine rings is 1. The van der Waals surface area contributed by atoms with E-state index >= 15 is 0 Å². The largest absolute Gasteiger partial charge is 0.397 e. The van der Waals surface area contributed by atoms with E-state index in [-0.39, 0.29) is 5.75 Å². The van der Waals surface area contributed by atoms with Crippen LogP contribution in [-0.2, 0) is 16.8 Å². The van der Waals surface area contributed by atoms with Crippen molar-refractivity contribution in [1.82, 2.24) is 4.98 Å². The molecule has 1 aromatic rings. The molecule has 1 unspecified atom stereocenters. The van der Waals surface area contributed by atoms with Gasteiger partial charge in [0, 0.05) is 0 Å². The van der Waals surface area contributed by atoms with Crippen LogP contribution in [0.25, 0.3) is 0 Å². The van der Waals surface area contributed by atoms with Crippen molar-refractivity contribution in [3.05, 3.63) is 24.0 Å². The van der Waals surface area contributed by atoms with Crippen LogP contribution in [0.3, 0.4) is 0 Å². The summed E-state index contributed by atoms with van der Waals surface area (Å²) in [5.74, 6) is 0.0558. The zero-order chi connectivity index (χ0) is 8.27. The molecule has 0 amide bonds. The van der Waals surface area contributed by atoms with E-state index in [9.17, 15) is 4.21 Å². The van der Waals surface area contributed by atoms with Gasteiger partial charge in [0.25, 0.3) is 0 Å². The molecular formula is C6H8N2O2S. The van der Waals surface area contributed by atoms with E-state index < -0.39 is 11.1 Å². The van der Waals surface area contributed by atoms with E-state index in [4.69, 9.17) is 10.3 Å². The topological polar surface area (TPSA) is 76.2 Å². The molecular weight excluding hydrogens is 164 g/mol. The quantitative estimate of drug-likeness (QED) is 0.632. The lowest BCUT2D eigenvalue weighted by Crippen LogP contribution is -1.96. The van der Waals surface area contributed by atoms with Crippen LogP contribution in [0, 0.1) is 0 Å². The molecule has 0 radical (unpaired) electrons. The Labute approximate surface area is 66.7 Å². The smallest absolute Gasteiger partial charge is 0.158 e. The first-order chi connectivity index (χ1) is 5.18. The number of nitrogens with zero attached hydrogens (tertiary/aromatic N) is 1. The van der Waals surface area contributed by atoms with E-state index in [0.717, 1.165) is 0 Å². The summed E-state index contributed by atoms with van der Waals surface area (Å²) < 4.78 is 18.8. The van der Waals surface area contributed by atoms with Gasteiger partial charge in [-0.1, -0.05) is 0 Å². The zero-order valence-electron chi connectivity index (χ0n) is 5.73. The fourth-order valence-electron chi connectivity index (χ4n) is 0.648. The third-order valence-corrected chi connectivity index (χ3v) is 1.66. The predicted molar refractivity (Wildman–Crippen MR) is 43.1 cm³/mol. The van der Waals surface area contributed by atoms with Gasteiger partial charge in [-0.3, -0.25) is 4.98 Å². The van der Waals surface area contributed by atoms with Gasteiger partial charge in [-0.05, 0) is 12.1 Å². The second kappa shape index (κ2) is 3.45. The molecule has 0 aromatic carbocycles. The van der Waals surface area contributed by atoms with E-state index in [1.807, 2.05) is 0 Å². The van der Waals surface area contributed by atoms with Gasteiger partial charge in [0.2, 0.25) is 0 Å². The number of anilines is 1. The number of aromatic nitrogens is 1. The molecule has 0 spiro atoms. The number of nitrogen functional groups attached to an aromatic ring is 1. The summed E-state index contributed by atoms with van der Waals surface area (Å²) in [6.45, 7) is 0. The number of hydrogen-bond donors (Lipinski definition) is 2. The van der Waals surface area contributed by atoms with Crippen LogP contribution < -0.4 is 5.73 Å². The molecule has 1 heterocycles. The third-order valence-electron chi connectivity index (χ3n) is 1.12. The summed E-state index contributed by atoms with van der Waals surface area (Å²) >= 11 is -1.83. The van der Waals surface area contributed by atoms with Crippen LogP contribution in [0.15, 0.2) is 18.3 Å². The number of nitrogens with two attached hydrogens (primary N) is 1. The summed E-state index contributed by atoms with van der Waals surface area (Å²) in [5.41, 5.74) is 6.48. The minimum atomic E-state index is -1.83. The number of hydrogen-bond acceptors (Lipinski definition) is 3. The molecule has 0 saturated carbocycles. The van der Waals surface area contributed by atoms with Crippen molar-refractivity contribution in [3.63, 3.8) is 0 Å². The highest BCUT2D eigenvalue weighted by Gasteiger charge is 1.97. The Hall–Kier alpha value is -0.940. The molecule has 5 heteroatoms. The Morgan fingerprint density at radius 2 is 2.36 bits per heavy atom. The SMILES string of the molecule is Nc1ccc(CS(=O)O)nc1. The first-order valence-corrected chi connectivity index (χ1v) is 4.24. The molecule has 1 rings (SSSR count). The molecule has 0 aliphatic heterocycles. The van der Waals surface area contributed by atoms with Crippen molar-refractivity contribution >= 4 is 16.8 Å². The monoisotopic (exact) mass is 172 g/mol. The summed E-state index contributed by atoms with van der Waals surface area (Å²) in [7, 11) is 0. The maximum absolute atomic E-state index is 10.3. The van der Waals surface area contributed by atoms with Gasteiger partial charge in [-0.25, -0.2) is 4.21 Å². The van der Waals surface area contributed by atoms with Crippen molar-refractivity contribution in [2.75, 3.05) is 5.73 Å². The van der Waals surface area contributed by atoms with Gasteiger partial charge in [-0.2, -0.15) is 0 Å². The Bertz CT molecular complexity index is 260. The van der Waals surface area contributed by atoms with E-state index in [0.29, 0.717) is 11.4 Å². The van der Waals surface area contributed by atoms with Crippen molar-refractivity contribution in [2.24, 2.45) is 0 Å². The molecule has 0 bridgehead atoms. The average molecular weight is 172 g/mol. The lowest BCUT2D eigenvalue weighted by Gasteiger charge is -1.95. The van der Waals surface area contributed by atoms with E-state index in [2.05, 4.69) is 4.98 Å². The van der Waals surface area contributed by atoms with E-state index in [1.54, 1.807) is 12.1 Å². The molecule has 3 N–H and O–H groups in total. The van der Waals surface area contributed by atoms with Crippen LogP contribution >= 0.6 is 0 Å². The van der Waals surface area contributed by atoms with Gasteiger partial charge >= 0.3 is 0 Å². The normalized spacial score (nSPS) is 12.8. The Morgan fingerprint density at radius 3 is 2.82 bits per heavy atom. The van der Waals surface area contributed by atoms with Crippen molar-refractivity contribution in [3.8, 4) is 0 Å². The van der Waals surface area contributed by atoms with E-state index in [1.165, 1.54) is 6.20 Å². The van der Waals surface area contributed by atoms with Crippen molar-refractivity contribution < 1.29 is 8.76 Å². The number of rotatable bonds is 2. The fraction of sp³-hybridized carbons (Fsp3) is 0.167. The van der Waals surface area contributed by atoms with Crippen LogP contribution in [0.2, 0.25) is 0 Å². The molecule has 4 nitrogen and oxygen atoms in total. The Morgan fingerprint density at radius 1 is 1.64 bits per heavy atom. The fourth-order valence-corrected chi connectivity index (χ4v) is 1.07. The predicted octanol–water partition coefficient (Wildman–Crippen LogP) is 0.386. The minimum absolute atomic E-state index is 0.0558. The molecule has 0 aliphatic carbocycles. The van der Waals surface area contributed by atoms with Crippen LogP contribution in [0.5, 0.6) is 0 Å². The van der Waals surface area contributed by atoms with Gasteiger partial charge in [0.05, 0.1) is 23.3 Å². The van der Waals surface area contributed by atoms with Crippen molar-refractivity contribution in [2.45, 2.75) is 5.75 Å². The highest BCUT2D eigenvalue weighted by molar-refractivity contribution is 7.78. The molecule has 1 atom stereocenters. The van der Waals surface area contributed by atoms with Crippen molar-refractivity contribution in [1.29, 1.82) is 0 Å².